The van der Waals surface area contributed by atoms with E-state index in [-0.39, 0.29) is 0 Å². The molecule has 0 aliphatic rings. The first-order chi connectivity index (χ1) is 8.39. The quantitative estimate of drug-likeness (QED) is 0.309. The van der Waals surface area contributed by atoms with E-state index in [4.69, 9.17) is 5.84 Å². The Morgan fingerprint density at radius 1 is 1.50 bits per heavy atom. The molecule has 0 aliphatic heterocycles. The minimum Gasteiger partial charge on any atom is -0.389 e. The van der Waals surface area contributed by atoms with Gasteiger partial charge in [-0.25, -0.2) is 15.8 Å². The smallest absolute Gasteiger partial charge is 0.191 e. The van der Waals surface area contributed by atoms with Gasteiger partial charge in [0.1, 0.15) is 11.6 Å². The lowest BCUT2D eigenvalue weighted by Gasteiger charge is -2.29. The Balaban J connectivity index is 3.04. The molecule has 0 saturated carbocycles. The maximum Gasteiger partial charge on any atom is 0.191 e. The van der Waals surface area contributed by atoms with Gasteiger partial charge in [-0.2, -0.15) is 0 Å². The predicted molar refractivity (Wildman–Crippen MR) is 75.8 cm³/mol. The highest BCUT2D eigenvalue weighted by Crippen LogP contribution is 2.21. The van der Waals surface area contributed by atoms with Gasteiger partial charge in [0.05, 0.1) is 5.60 Å². The van der Waals surface area contributed by atoms with Crippen LogP contribution in [0.2, 0.25) is 0 Å². The summed E-state index contributed by atoms with van der Waals surface area (Å²) in [5.41, 5.74) is 1.75. The van der Waals surface area contributed by atoms with Crippen molar-refractivity contribution in [1.29, 1.82) is 0 Å². The van der Waals surface area contributed by atoms with Gasteiger partial charge >= 0.3 is 0 Å². The van der Waals surface area contributed by atoms with Crippen molar-refractivity contribution in [3.05, 3.63) is 6.07 Å². The lowest BCUT2D eigenvalue weighted by molar-refractivity contribution is 0.0874. The molecule has 1 aromatic rings. The minimum atomic E-state index is -0.781. The lowest BCUT2D eigenvalue weighted by atomic mass is 10.1. The summed E-state index contributed by atoms with van der Waals surface area (Å²) in [4.78, 5) is 10.6. The summed E-state index contributed by atoms with van der Waals surface area (Å²) in [6.45, 7) is 6.81. The number of hydrogen-bond acceptors (Lipinski definition) is 7. The van der Waals surface area contributed by atoms with Crippen LogP contribution in [-0.2, 0) is 0 Å². The molecule has 6 nitrogen and oxygen atoms in total. The summed E-state index contributed by atoms with van der Waals surface area (Å²) < 4.78 is 0. The molecule has 0 bridgehead atoms. The Bertz CT molecular complexity index is 371. The number of anilines is 2. The van der Waals surface area contributed by atoms with E-state index in [1.807, 2.05) is 18.1 Å². The average molecular weight is 271 g/mol. The van der Waals surface area contributed by atoms with E-state index in [1.165, 1.54) is 11.8 Å². The van der Waals surface area contributed by atoms with Crippen molar-refractivity contribution in [3.63, 3.8) is 0 Å². The van der Waals surface area contributed by atoms with Crippen molar-refractivity contribution in [2.75, 3.05) is 29.7 Å². The van der Waals surface area contributed by atoms with Crippen LogP contribution in [0.3, 0.4) is 0 Å². The number of nitrogens with one attached hydrogen (secondary N) is 1. The van der Waals surface area contributed by atoms with Crippen molar-refractivity contribution < 1.29 is 5.11 Å². The number of likely N-dealkylation sites (N-methyl/N-ethyl adjacent to an activating group) is 1. The summed E-state index contributed by atoms with van der Waals surface area (Å²) in [7, 11) is 0. The summed E-state index contributed by atoms with van der Waals surface area (Å²) in [6, 6.07) is 1.77. The molecule has 1 heterocycles. The summed E-state index contributed by atoms with van der Waals surface area (Å²) in [5.74, 6) is 6.72. The Hall–Kier alpha value is -1.05. The van der Waals surface area contributed by atoms with E-state index in [1.54, 1.807) is 19.9 Å². The van der Waals surface area contributed by atoms with Crippen LogP contribution in [0, 0.1) is 0 Å². The van der Waals surface area contributed by atoms with Gasteiger partial charge < -0.3 is 15.4 Å². The molecule has 0 unspecified atom stereocenters. The average Bonchev–Trinajstić information content (AvgIpc) is 2.34. The zero-order valence-corrected chi connectivity index (χ0v) is 12.1. The molecule has 7 heteroatoms. The van der Waals surface area contributed by atoms with Crippen LogP contribution in [-0.4, -0.2) is 40.0 Å². The van der Waals surface area contributed by atoms with Gasteiger partial charge in [-0.3, -0.25) is 0 Å². The highest BCUT2D eigenvalue weighted by Gasteiger charge is 2.19. The molecule has 0 amide bonds. The van der Waals surface area contributed by atoms with Gasteiger partial charge in [-0.15, -0.1) is 0 Å². The van der Waals surface area contributed by atoms with Crippen LogP contribution in [0.4, 0.5) is 11.6 Å². The number of nitrogens with zero attached hydrogens (tertiary/aromatic N) is 3. The first-order valence-corrected chi connectivity index (χ1v) is 6.99. The van der Waals surface area contributed by atoms with E-state index >= 15 is 0 Å². The summed E-state index contributed by atoms with van der Waals surface area (Å²) in [6.07, 6.45) is 1.91. The summed E-state index contributed by atoms with van der Waals surface area (Å²) >= 11 is 1.45. The number of nitrogens with two attached hydrogens (primary N) is 1. The fourth-order valence-corrected chi connectivity index (χ4v) is 1.94. The second-order valence-corrected chi connectivity index (χ2v) is 5.34. The van der Waals surface area contributed by atoms with Crippen LogP contribution >= 0.6 is 11.8 Å². The molecule has 4 N–H and O–H groups in total. The molecule has 102 valence electrons. The molecule has 1 rings (SSSR count). The van der Waals surface area contributed by atoms with Gasteiger partial charge in [0.2, 0.25) is 0 Å². The van der Waals surface area contributed by atoms with Crippen LogP contribution in [0.25, 0.3) is 0 Å². The first-order valence-electron chi connectivity index (χ1n) is 5.76. The largest absolute Gasteiger partial charge is 0.389 e. The Kier molecular flexibility index (Phi) is 5.18. The highest BCUT2D eigenvalue weighted by molar-refractivity contribution is 7.98. The van der Waals surface area contributed by atoms with Crippen LogP contribution in [0.15, 0.2) is 11.2 Å². The fraction of sp³-hybridized carbons (Fsp3) is 0.636. The van der Waals surface area contributed by atoms with Crippen LogP contribution < -0.4 is 16.2 Å². The Labute approximate surface area is 112 Å². The number of hydrogen-bond donors (Lipinski definition) is 3. The number of rotatable bonds is 6. The molecular weight excluding hydrogens is 250 g/mol. The molecule has 1 aromatic heterocycles. The van der Waals surface area contributed by atoms with Crippen LogP contribution in [0.5, 0.6) is 0 Å². The third kappa shape index (κ3) is 4.32. The number of aromatic nitrogens is 2. The zero-order valence-electron chi connectivity index (χ0n) is 11.3. The van der Waals surface area contributed by atoms with Crippen molar-refractivity contribution in [1.82, 2.24) is 9.97 Å². The molecule has 0 aliphatic carbocycles. The third-order valence-electron chi connectivity index (χ3n) is 2.31. The Morgan fingerprint density at radius 3 is 2.61 bits per heavy atom. The molecule has 0 spiro atoms. The number of aliphatic hydroxyl groups is 1. The van der Waals surface area contributed by atoms with Gasteiger partial charge in [0.25, 0.3) is 0 Å². The molecule has 0 radical (unpaired) electrons. The second kappa shape index (κ2) is 6.21. The molecule has 0 saturated heterocycles. The van der Waals surface area contributed by atoms with Crippen molar-refractivity contribution >= 4 is 23.4 Å². The van der Waals surface area contributed by atoms with Crippen molar-refractivity contribution in [3.8, 4) is 0 Å². The van der Waals surface area contributed by atoms with Gasteiger partial charge in [0, 0.05) is 19.2 Å². The normalized spacial score (nSPS) is 11.4. The fourth-order valence-electron chi connectivity index (χ4n) is 1.56. The maximum absolute atomic E-state index is 9.90. The van der Waals surface area contributed by atoms with E-state index in [2.05, 4.69) is 15.4 Å². The van der Waals surface area contributed by atoms with Gasteiger partial charge in [0.15, 0.2) is 5.16 Å². The first kappa shape index (κ1) is 15.0. The molecular formula is C11H21N5OS. The Morgan fingerprint density at radius 2 is 2.17 bits per heavy atom. The molecule has 0 aromatic carbocycles. The zero-order chi connectivity index (χ0) is 13.8. The minimum absolute atomic E-state index is 0.498. The van der Waals surface area contributed by atoms with E-state index < -0.39 is 5.60 Å². The topological polar surface area (TPSA) is 87.3 Å². The SMILES string of the molecule is CCN(CC(C)(C)O)c1cc(NN)nc(SC)n1. The van der Waals surface area contributed by atoms with E-state index in [0.29, 0.717) is 17.5 Å². The van der Waals surface area contributed by atoms with E-state index in [0.717, 1.165) is 12.4 Å². The highest BCUT2D eigenvalue weighted by atomic mass is 32.2. The van der Waals surface area contributed by atoms with Crippen LogP contribution in [0.1, 0.15) is 20.8 Å². The third-order valence-corrected chi connectivity index (χ3v) is 2.85. The monoisotopic (exact) mass is 271 g/mol. The summed E-state index contributed by atoms with van der Waals surface area (Å²) in [5, 5.41) is 10.6. The van der Waals surface area contributed by atoms with Gasteiger partial charge in [-0.1, -0.05) is 11.8 Å². The number of hydrazine groups is 1. The van der Waals surface area contributed by atoms with Gasteiger partial charge in [-0.05, 0) is 27.0 Å². The maximum atomic E-state index is 9.90. The standard InChI is InChI=1S/C11H21N5OS/c1-5-16(7-11(2,3)17)9-6-8(15-12)13-10(14-9)18-4/h6,17H,5,7,12H2,1-4H3,(H,13,14,15). The molecule has 18 heavy (non-hydrogen) atoms. The van der Waals surface area contributed by atoms with E-state index in [9.17, 15) is 5.11 Å². The predicted octanol–water partition coefficient (Wildman–Crippen LogP) is 1.08. The molecule has 0 atom stereocenters. The van der Waals surface area contributed by atoms with Crippen molar-refractivity contribution in [2.45, 2.75) is 31.5 Å². The number of nitrogen functional groups attached to an aromatic ring is 1. The van der Waals surface area contributed by atoms with Crippen molar-refractivity contribution in [2.24, 2.45) is 5.84 Å². The second-order valence-electron chi connectivity index (χ2n) is 4.57. The lowest BCUT2D eigenvalue weighted by Crippen LogP contribution is -2.39. The number of thioether (sulfide) groups is 1. The molecule has 0 fully saturated rings.